The number of halogens is 1. The third-order valence-corrected chi connectivity index (χ3v) is 4.51. The lowest BCUT2D eigenvalue weighted by molar-refractivity contribution is 0.545. The lowest BCUT2D eigenvalue weighted by Gasteiger charge is -2.13. The van der Waals surface area contributed by atoms with Crippen molar-refractivity contribution in [1.82, 2.24) is 5.32 Å². The molecule has 0 spiro atoms. The van der Waals surface area contributed by atoms with E-state index in [1.807, 2.05) is 19.1 Å². The van der Waals surface area contributed by atoms with Crippen LogP contribution in [0, 0.1) is 12.7 Å². The fourth-order valence-electron chi connectivity index (χ4n) is 2.31. The van der Waals surface area contributed by atoms with Crippen molar-refractivity contribution >= 4 is 11.3 Å². The van der Waals surface area contributed by atoms with Crippen LogP contribution in [0.5, 0.6) is 0 Å². The minimum Gasteiger partial charge on any atom is -0.310 e. The summed E-state index contributed by atoms with van der Waals surface area (Å²) >= 11 is 1.68. The highest BCUT2D eigenvalue weighted by Gasteiger charge is 2.14. The van der Waals surface area contributed by atoms with Crippen LogP contribution in [-0.4, -0.2) is 6.54 Å². The van der Waals surface area contributed by atoms with Crippen LogP contribution in [0.1, 0.15) is 36.8 Å². The molecule has 0 aliphatic carbocycles. The van der Waals surface area contributed by atoms with E-state index in [1.54, 1.807) is 17.4 Å². The topological polar surface area (TPSA) is 12.0 Å². The molecule has 1 N–H and O–H groups in total. The SMILES string of the molecule is CCNC(CC)c1ccc(-c2c(C)cccc2F)s1. The number of hydrogen-bond donors (Lipinski definition) is 1. The van der Waals surface area contributed by atoms with Gasteiger partial charge in [-0.1, -0.05) is 26.0 Å². The fraction of sp³-hybridized carbons (Fsp3) is 0.375. The number of thiophene rings is 1. The molecule has 1 heterocycles. The Hall–Kier alpha value is -1.19. The highest BCUT2D eigenvalue weighted by atomic mass is 32.1. The van der Waals surface area contributed by atoms with E-state index < -0.39 is 0 Å². The van der Waals surface area contributed by atoms with E-state index in [0.717, 1.165) is 29.0 Å². The van der Waals surface area contributed by atoms with Crippen LogP contribution in [0.3, 0.4) is 0 Å². The normalized spacial score (nSPS) is 12.6. The van der Waals surface area contributed by atoms with Crippen LogP contribution >= 0.6 is 11.3 Å². The molecule has 102 valence electrons. The summed E-state index contributed by atoms with van der Waals surface area (Å²) in [5, 5.41) is 3.46. The van der Waals surface area contributed by atoms with Gasteiger partial charge in [-0.25, -0.2) is 4.39 Å². The van der Waals surface area contributed by atoms with Gasteiger partial charge >= 0.3 is 0 Å². The van der Waals surface area contributed by atoms with Crippen molar-refractivity contribution in [3.63, 3.8) is 0 Å². The van der Waals surface area contributed by atoms with Crippen molar-refractivity contribution in [3.05, 3.63) is 46.6 Å². The van der Waals surface area contributed by atoms with Gasteiger partial charge in [0, 0.05) is 21.4 Å². The van der Waals surface area contributed by atoms with E-state index in [9.17, 15) is 4.39 Å². The second-order valence-corrected chi connectivity index (χ2v) is 5.77. The van der Waals surface area contributed by atoms with E-state index in [2.05, 4.69) is 25.2 Å². The first-order chi connectivity index (χ1) is 9.17. The summed E-state index contributed by atoms with van der Waals surface area (Å²) in [4.78, 5) is 2.30. The van der Waals surface area contributed by atoms with Gasteiger partial charge in [0.25, 0.3) is 0 Å². The van der Waals surface area contributed by atoms with E-state index in [-0.39, 0.29) is 5.82 Å². The second kappa shape index (κ2) is 6.31. The van der Waals surface area contributed by atoms with Crippen LogP contribution < -0.4 is 5.32 Å². The molecule has 19 heavy (non-hydrogen) atoms. The standard InChI is InChI=1S/C16H20FNS/c1-4-13(18-5-2)14-9-10-15(19-14)16-11(3)7-6-8-12(16)17/h6-10,13,18H,4-5H2,1-3H3. The molecular formula is C16H20FNS. The second-order valence-electron chi connectivity index (χ2n) is 4.65. The Bertz CT molecular complexity index is 527. The Kier molecular flexibility index (Phi) is 4.72. The first-order valence-corrected chi connectivity index (χ1v) is 7.57. The summed E-state index contributed by atoms with van der Waals surface area (Å²) in [5.41, 5.74) is 1.73. The number of nitrogens with one attached hydrogen (secondary N) is 1. The van der Waals surface area contributed by atoms with Gasteiger partial charge in [-0.2, -0.15) is 0 Å². The lowest BCUT2D eigenvalue weighted by atomic mass is 10.1. The zero-order valence-corrected chi connectivity index (χ0v) is 12.5. The maximum absolute atomic E-state index is 14.0. The molecule has 0 saturated carbocycles. The van der Waals surface area contributed by atoms with Crippen molar-refractivity contribution in [2.45, 2.75) is 33.2 Å². The minimum absolute atomic E-state index is 0.134. The number of aryl methyl sites for hydroxylation is 1. The first kappa shape index (κ1) is 14.2. The van der Waals surface area contributed by atoms with Crippen molar-refractivity contribution in [2.24, 2.45) is 0 Å². The van der Waals surface area contributed by atoms with Gasteiger partial charge in [0.05, 0.1) is 0 Å². The Morgan fingerprint density at radius 3 is 2.63 bits per heavy atom. The molecule has 2 aromatic rings. The summed E-state index contributed by atoms with van der Waals surface area (Å²) < 4.78 is 14.0. The van der Waals surface area contributed by atoms with E-state index in [4.69, 9.17) is 0 Å². The van der Waals surface area contributed by atoms with Crippen LogP contribution in [0.4, 0.5) is 4.39 Å². The summed E-state index contributed by atoms with van der Waals surface area (Å²) in [6.45, 7) is 7.18. The molecule has 0 radical (unpaired) electrons. The third kappa shape index (κ3) is 3.04. The Labute approximate surface area is 118 Å². The average Bonchev–Trinajstić information content (AvgIpc) is 2.85. The van der Waals surface area contributed by atoms with Gasteiger partial charge in [-0.3, -0.25) is 0 Å². The van der Waals surface area contributed by atoms with Crippen LogP contribution in [0.25, 0.3) is 10.4 Å². The molecule has 2 rings (SSSR count). The number of benzene rings is 1. The van der Waals surface area contributed by atoms with Gasteiger partial charge in [-0.15, -0.1) is 11.3 Å². The Morgan fingerprint density at radius 1 is 1.21 bits per heavy atom. The van der Waals surface area contributed by atoms with Gasteiger partial charge in [0.1, 0.15) is 5.82 Å². The zero-order valence-electron chi connectivity index (χ0n) is 11.7. The largest absolute Gasteiger partial charge is 0.310 e. The molecule has 1 aromatic heterocycles. The van der Waals surface area contributed by atoms with E-state index in [0.29, 0.717) is 6.04 Å². The van der Waals surface area contributed by atoms with Crippen molar-refractivity contribution in [1.29, 1.82) is 0 Å². The molecule has 0 aliphatic rings. The molecule has 0 aliphatic heterocycles. The molecule has 1 unspecified atom stereocenters. The highest BCUT2D eigenvalue weighted by molar-refractivity contribution is 7.15. The number of rotatable bonds is 5. The Morgan fingerprint density at radius 2 is 2.00 bits per heavy atom. The maximum atomic E-state index is 14.0. The predicted octanol–water partition coefficient (Wildman–Crippen LogP) is 4.92. The van der Waals surface area contributed by atoms with Crippen molar-refractivity contribution in [2.75, 3.05) is 6.54 Å². The predicted molar refractivity (Wildman–Crippen MR) is 81.2 cm³/mol. The van der Waals surface area contributed by atoms with Gasteiger partial charge in [0.2, 0.25) is 0 Å². The fourth-order valence-corrected chi connectivity index (χ4v) is 3.59. The molecule has 1 aromatic carbocycles. The molecular weight excluding hydrogens is 257 g/mol. The third-order valence-electron chi connectivity index (χ3n) is 3.30. The van der Waals surface area contributed by atoms with Crippen LogP contribution in [0.15, 0.2) is 30.3 Å². The molecule has 3 heteroatoms. The van der Waals surface area contributed by atoms with E-state index in [1.165, 1.54) is 10.9 Å². The summed E-state index contributed by atoms with van der Waals surface area (Å²) in [5.74, 6) is -0.134. The molecule has 1 nitrogen and oxygen atoms in total. The number of hydrogen-bond acceptors (Lipinski definition) is 2. The van der Waals surface area contributed by atoms with Crippen LogP contribution in [-0.2, 0) is 0 Å². The zero-order chi connectivity index (χ0) is 13.8. The molecule has 0 saturated heterocycles. The maximum Gasteiger partial charge on any atom is 0.132 e. The molecule has 0 fully saturated rings. The van der Waals surface area contributed by atoms with Crippen LogP contribution in [0.2, 0.25) is 0 Å². The Balaban J connectivity index is 2.35. The summed E-state index contributed by atoms with van der Waals surface area (Å²) in [7, 11) is 0. The lowest BCUT2D eigenvalue weighted by Crippen LogP contribution is -2.18. The van der Waals surface area contributed by atoms with Crippen molar-refractivity contribution in [3.8, 4) is 10.4 Å². The van der Waals surface area contributed by atoms with Crippen molar-refractivity contribution < 1.29 is 4.39 Å². The summed E-state index contributed by atoms with van der Waals surface area (Å²) in [6, 6.07) is 9.77. The minimum atomic E-state index is -0.134. The van der Waals surface area contributed by atoms with Gasteiger partial charge < -0.3 is 5.32 Å². The monoisotopic (exact) mass is 277 g/mol. The smallest absolute Gasteiger partial charge is 0.132 e. The molecule has 1 atom stereocenters. The molecule has 0 amide bonds. The average molecular weight is 277 g/mol. The van der Waals surface area contributed by atoms with E-state index >= 15 is 0 Å². The van der Waals surface area contributed by atoms with Gasteiger partial charge in [-0.05, 0) is 43.7 Å². The summed E-state index contributed by atoms with van der Waals surface area (Å²) in [6.07, 6.45) is 1.05. The first-order valence-electron chi connectivity index (χ1n) is 6.76. The van der Waals surface area contributed by atoms with Gasteiger partial charge in [0.15, 0.2) is 0 Å². The quantitative estimate of drug-likeness (QED) is 0.817. The highest BCUT2D eigenvalue weighted by Crippen LogP contribution is 2.35. The molecule has 0 bridgehead atoms.